The highest BCUT2D eigenvalue weighted by molar-refractivity contribution is 5.94. The molecule has 2 saturated carbocycles. The van der Waals surface area contributed by atoms with Gasteiger partial charge in [-0.15, -0.1) is 0 Å². The van der Waals surface area contributed by atoms with Crippen molar-refractivity contribution in [3.05, 3.63) is 0 Å². The van der Waals surface area contributed by atoms with E-state index in [1.807, 2.05) is 0 Å². The largest absolute Gasteiger partial charge is 0.299 e. The number of Topliss-reactive ketones (excluding diaryl/α,β-unsaturated/α-hetero) is 1. The maximum absolute atomic E-state index is 11.5. The molecule has 0 aromatic heterocycles. The second-order valence-electron chi connectivity index (χ2n) is 4.17. The molecule has 0 atom stereocenters. The van der Waals surface area contributed by atoms with Gasteiger partial charge in [-0.05, 0) is 31.1 Å². The van der Waals surface area contributed by atoms with Gasteiger partial charge in [-0.3, -0.25) is 4.79 Å². The Kier molecular flexibility index (Phi) is 1.25. The number of carbonyl (C=O) groups excluding carboxylic acids is 1. The van der Waals surface area contributed by atoms with Crippen LogP contribution in [0.25, 0.3) is 0 Å². The Bertz CT molecular complexity index is 197. The summed E-state index contributed by atoms with van der Waals surface area (Å²) >= 11 is 0. The summed E-state index contributed by atoms with van der Waals surface area (Å²) in [5, 5.41) is 0. The quantitative estimate of drug-likeness (QED) is 0.594. The first-order chi connectivity index (χ1) is 5.21. The van der Waals surface area contributed by atoms with Gasteiger partial charge in [0.2, 0.25) is 0 Å². The Morgan fingerprint density at radius 1 is 1.27 bits per heavy atom. The maximum Gasteiger partial charge on any atom is 0.140 e. The zero-order valence-electron chi connectivity index (χ0n) is 7.44. The predicted molar refractivity (Wildman–Crippen MR) is 44.3 cm³/mol. The molecule has 0 saturated heterocycles. The lowest BCUT2D eigenvalue weighted by Crippen LogP contribution is -2.50. The van der Waals surface area contributed by atoms with Crippen molar-refractivity contribution in [2.45, 2.75) is 46.0 Å². The highest BCUT2D eigenvalue weighted by Gasteiger charge is 2.69. The van der Waals surface area contributed by atoms with Gasteiger partial charge in [-0.25, -0.2) is 0 Å². The molecular formula is C10H16O. The van der Waals surface area contributed by atoms with Crippen LogP contribution in [0.5, 0.6) is 0 Å². The van der Waals surface area contributed by atoms with Crippen molar-refractivity contribution in [3.63, 3.8) is 0 Å². The molecule has 0 radical (unpaired) electrons. The van der Waals surface area contributed by atoms with E-state index >= 15 is 0 Å². The molecule has 2 rings (SSSR count). The van der Waals surface area contributed by atoms with Crippen LogP contribution in [0.4, 0.5) is 0 Å². The van der Waals surface area contributed by atoms with E-state index in [9.17, 15) is 4.79 Å². The molecule has 0 bridgehead atoms. The molecule has 2 aliphatic rings. The van der Waals surface area contributed by atoms with E-state index in [1.54, 1.807) is 0 Å². The SMILES string of the molecule is CCC1(CC)C(=O)CC12CC2. The van der Waals surface area contributed by atoms with Crippen molar-refractivity contribution in [1.82, 2.24) is 0 Å². The van der Waals surface area contributed by atoms with Gasteiger partial charge < -0.3 is 0 Å². The summed E-state index contributed by atoms with van der Waals surface area (Å²) in [6.07, 6.45) is 5.68. The number of ketones is 1. The summed E-state index contributed by atoms with van der Waals surface area (Å²) in [5.74, 6) is 0.542. The van der Waals surface area contributed by atoms with Crippen molar-refractivity contribution in [1.29, 1.82) is 0 Å². The minimum Gasteiger partial charge on any atom is -0.299 e. The van der Waals surface area contributed by atoms with E-state index < -0.39 is 0 Å². The fourth-order valence-corrected chi connectivity index (χ4v) is 3.04. The zero-order chi connectivity index (χ0) is 8.11. The van der Waals surface area contributed by atoms with E-state index in [0.717, 1.165) is 19.3 Å². The van der Waals surface area contributed by atoms with Gasteiger partial charge in [0.1, 0.15) is 5.78 Å². The van der Waals surface area contributed by atoms with Crippen molar-refractivity contribution < 1.29 is 4.79 Å². The summed E-state index contributed by atoms with van der Waals surface area (Å²) in [7, 11) is 0. The first-order valence-electron chi connectivity index (χ1n) is 4.74. The summed E-state index contributed by atoms with van der Waals surface area (Å²) in [6.45, 7) is 4.33. The standard InChI is InChI=1S/C10H16O/c1-3-10(4-2)8(11)7-9(10)5-6-9/h3-7H2,1-2H3. The van der Waals surface area contributed by atoms with Gasteiger partial charge >= 0.3 is 0 Å². The van der Waals surface area contributed by atoms with Crippen LogP contribution in [0.15, 0.2) is 0 Å². The van der Waals surface area contributed by atoms with Gasteiger partial charge in [0.05, 0.1) is 0 Å². The van der Waals surface area contributed by atoms with Crippen LogP contribution in [-0.2, 0) is 4.79 Å². The third-order valence-corrected chi connectivity index (χ3v) is 4.11. The molecule has 2 aliphatic carbocycles. The molecular weight excluding hydrogens is 136 g/mol. The second kappa shape index (κ2) is 1.88. The normalized spacial score (nSPS) is 30.2. The Hall–Kier alpha value is -0.330. The summed E-state index contributed by atoms with van der Waals surface area (Å²) in [5.41, 5.74) is 0.639. The minimum atomic E-state index is 0.132. The number of carbonyl (C=O) groups is 1. The molecule has 11 heavy (non-hydrogen) atoms. The smallest absolute Gasteiger partial charge is 0.140 e. The molecule has 1 spiro atoms. The molecule has 0 unspecified atom stereocenters. The van der Waals surface area contributed by atoms with Crippen molar-refractivity contribution in [3.8, 4) is 0 Å². The maximum atomic E-state index is 11.5. The van der Waals surface area contributed by atoms with Crippen LogP contribution in [0.2, 0.25) is 0 Å². The topological polar surface area (TPSA) is 17.1 Å². The molecule has 1 heteroatoms. The Balaban J connectivity index is 2.25. The van der Waals surface area contributed by atoms with Gasteiger partial charge in [0.25, 0.3) is 0 Å². The molecule has 0 aliphatic heterocycles. The monoisotopic (exact) mass is 152 g/mol. The van der Waals surface area contributed by atoms with Gasteiger partial charge in [-0.2, -0.15) is 0 Å². The zero-order valence-corrected chi connectivity index (χ0v) is 7.44. The molecule has 0 aromatic rings. The highest BCUT2D eigenvalue weighted by Crippen LogP contribution is 2.71. The third-order valence-electron chi connectivity index (χ3n) is 4.11. The molecule has 1 nitrogen and oxygen atoms in total. The molecule has 0 N–H and O–H groups in total. The van der Waals surface area contributed by atoms with Gasteiger partial charge in [0.15, 0.2) is 0 Å². The molecule has 0 amide bonds. The van der Waals surface area contributed by atoms with E-state index in [4.69, 9.17) is 0 Å². The lowest BCUT2D eigenvalue weighted by molar-refractivity contribution is -0.150. The highest BCUT2D eigenvalue weighted by atomic mass is 16.1. The Labute approximate surface area is 68.2 Å². The van der Waals surface area contributed by atoms with Gasteiger partial charge in [-0.1, -0.05) is 13.8 Å². The van der Waals surface area contributed by atoms with Crippen LogP contribution in [-0.4, -0.2) is 5.78 Å². The first kappa shape index (κ1) is 7.33. The molecule has 2 fully saturated rings. The number of rotatable bonds is 2. The number of hydrogen-bond donors (Lipinski definition) is 0. The summed E-state index contributed by atoms with van der Waals surface area (Å²) < 4.78 is 0. The predicted octanol–water partition coefficient (Wildman–Crippen LogP) is 2.55. The van der Waals surface area contributed by atoms with E-state index in [2.05, 4.69) is 13.8 Å². The fourth-order valence-electron chi connectivity index (χ4n) is 3.04. The van der Waals surface area contributed by atoms with Crippen LogP contribution < -0.4 is 0 Å². The van der Waals surface area contributed by atoms with Crippen LogP contribution in [0, 0.1) is 10.8 Å². The lowest BCUT2D eigenvalue weighted by atomic mass is 9.53. The van der Waals surface area contributed by atoms with Crippen molar-refractivity contribution in [2.75, 3.05) is 0 Å². The van der Waals surface area contributed by atoms with E-state index in [-0.39, 0.29) is 5.41 Å². The molecule has 0 heterocycles. The van der Waals surface area contributed by atoms with Crippen LogP contribution in [0.1, 0.15) is 46.0 Å². The molecule has 0 aromatic carbocycles. The number of hydrogen-bond acceptors (Lipinski definition) is 1. The summed E-state index contributed by atoms with van der Waals surface area (Å²) in [6, 6.07) is 0. The minimum absolute atomic E-state index is 0.132. The average Bonchev–Trinajstić information content (AvgIpc) is 2.73. The third kappa shape index (κ3) is 0.605. The second-order valence-corrected chi connectivity index (χ2v) is 4.17. The Morgan fingerprint density at radius 2 is 1.82 bits per heavy atom. The summed E-state index contributed by atoms with van der Waals surface area (Å²) in [4.78, 5) is 11.5. The van der Waals surface area contributed by atoms with E-state index in [0.29, 0.717) is 11.2 Å². The fraction of sp³-hybridized carbons (Fsp3) is 0.900. The van der Waals surface area contributed by atoms with Crippen LogP contribution in [0.3, 0.4) is 0 Å². The van der Waals surface area contributed by atoms with Gasteiger partial charge in [0, 0.05) is 11.8 Å². The van der Waals surface area contributed by atoms with Crippen LogP contribution >= 0.6 is 0 Å². The van der Waals surface area contributed by atoms with Crippen molar-refractivity contribution in [2.24, 2.45) is 10.8 Å². The first-order valence-corrected chi connectivity index (χ1v) is 4.74. The average molecular weight is 152 g/mol. The van der Waals surface area contributed by atoms with E-state index in [1.165, 1.54) is 12.8 Å². The van der Waals surface area contributed by atoms with Crippen molar-refractivity contribution >= 4 is 5.78 Å². The molecule has 62 valence electrons. The lowest BCUT2D eigenvalue weighted by Gasteiger charge is -2.48. The Morgan fingerprint density at radius 3 is 2.00 bits per heavy atom.